The largest absolute Gasteiger partial charge is 0.351 e. The van der Waals surface area contributed by atoms with Crippen molar-refractivity contribution in [2.75, 3.05) is 6.54 Å². The van der Waals surface area contributed by atoms with Crippen LogP contribution in [0.3, 0.4) is 0 Å². The third-order valence-electron chi connectivity index (χ3n) is 5.58. The molecule has 1 aromatic carbocycles. The molecule has 1 aromatic rings. The standard InChI is InChI=1S/C19H24ClNO2.CH2/c20-17-6-5-14(7-10-22)11-16(17)18(23)21-13-19-8-1-3-15(12-19)4-2-9-19;/h5-6,10-11,15H,1-4,7-9,12-13H2,(H,21,23);1H2. The van der Waals surface area contributed by atoms with Gasteiger partial charge in [0.2, 0.25) is 0 Å². The number of aldehydes is 1. The first-order valence-electron chi connectivity index (χ1n) is 8.62. The highest BCUT2D eigenvalue weighted by atomic mass is 35.5. The van der Waals surface area contributed by atoms with Crippen molar-refractivity contribution in [3.63, 3.8) is 0 Å². The topological polar surface area (TPSA) is 46.2 Å². The second-order valence-electron chi connectivity index (χ2n) is 7.22. The van der Waals surface area contributed by atoms with Crippen molar-refractivity contribution in [3.05, 3.63) is 41.8 Å². The molecule has 2 saturated carbocycles. The molecular formula is C20H26ClNO2. The van der Waals surface area contributed by atoms with E-state index in [0.717, 1.165) is 24.3 Å². The van der Waals surface area contributed by atoms with Crippen molar-refractivity contribution >= 4 is 23.8 Å². The van der Waals surface area contributed by atoms with Gasteiger partial charge in [0.25, 0.3) is 5.91 Å². The molecule has 24 heavy (non-hydrogen) atoms. The van der Waals surface area contributed by atoms with Crippen molar-refractivity contribution in [1.82, 2.24) is 5.32 Å². The lowest BCUT2D eigenvalue weighted by Gasteiger charge is -2.45. The number of hydrogen-bond acceptors (Lipinski definition) is 2. The zero-order valence-electron chi connectivity index (χ0n) is 14.2. The number of amides is 1. The van der Waals surface area contributed by atoms with E-state index >= 15 is 0 Å². The molecule has 2 aliphatic carbocycles. The van der Waals surface area contributed by atoms with E-state index < -0.39 is 0 Å². The Bertz CT molecular complexity index is 589. The van der Waals surface area contributed by atoms with Gasteiger partial charge in [-0.05, 0) is 48.3 Å². The third kappa shape index (κ3) is 4.18. The average Bonchev–Trinajstić information content (AvgIpc) is 2.55. The van der Waals surface area contributed by atoms with E-state index in [0.29, 0.717) is 22.4 Å². The van der Waals surface area contributed by atoms with Gasteiger partial charge in [-0.1, -0.05) is 50.8 Å². The Morgan fingerprint density at radius 3 is 2.67 bits per heavy atom. The van der Waals surface area contributed by atoms with Crippen LogP contribution in [0.4, 0.5) is 0 Å². The molecule has 2 bridgehead atoms. The smallest absolute Gasteiger partial charge is 0.252 e. The van der Waals surface area contributed by atoms with Crippen LogP contribution in [0.2, 0.25) is 5.02 Å². The summed E-state index contributed by atoms with van der Waals surface area (Å²) in [6, 6.07) is 5.22. The zero-order valence-corrected chi connectivity index (χ0v) is 14.9. The van der Waals surface area contributed by atoms with E-state index in [1.165, 1.54) is 44.9 Å². The number of hydrogen-bond donors (Lipinski definition) is 1. The number of fused-ring (bicyclic) bond motifs is 2. The Balaban J connectivity index is 0.00000208. The minimum atomic E-state index is -0.121. The molecule has 3 nitrogen and oxygen atoms in total. The second-order valence-corrected chi connectivity index (χ2v) is 7.63. The summed E-state index contributed by atoms with van der Waals surface area (Å²) in [6.45, 7) is 0.747. The Labute approximate surface area is 150 Å². The maximum Gasteiger partial charge on any atom is 0.252 e. The van der Waals surface area contributed by atoms with Crippen molar-refractivity contribution in [3.8, 4) is 0 Å². The van der Waals surface area contributed by atoms with E-state index in [9.17, 15) is 9.59 Å². The number of benzene rings is 1. The van der Waals surface area contributed by atoms with Crippen LogP contribution in [0, 0.1) is 18.8 Å². The Morgan fingerprint density at radius 2 is 2.00 bits per heavy atom. The lowest BCUT2D eigenvalue weighted by Crippen LogP contribution is -2.43. The molecule has 0 saturated heterocycles. The molecule has 4 heteroatoms. The van der Waals surface area contributed by atoms with Gasteiger partial charge in [0.05, 0.1) is 10.6 Å². The van der Waals surface area contributed by atoms with Gasteiger partial charge in [0.15, 0.2) is 0 Å². The molecule has 0 unspecified atom stereocenters. The zero-order chi connectivity index (χ0) is 16.3. The molecule has 130 valence electrons. The van der Waals surface area contributed by atoms with Crippen molar-refractivity contribution in [2.45, 2.75) is 51.4 Å². The van der Waals surface area contributed by atoms with E-state index in [-0.39, 0.29) is 13.3 Å². The molecule has 2 radical (unpaired) electrons. The monoisotopic (exact) mass is 347 g/mol. The predicted molar refractivity (Wildman–Crippen MR) is 97.2 cm³/mol. The van der Waals surface area contributed by atoms with E-state index in [1.807, 2.05) is 0 Å². The number of nitrogens with one attached hydrogen (secondary N) is 1. The fraction of sp³-hybridized carbons (Fsp3) is 0.550. The fourth-order valence-corrected chi connectivity index (χ4v) is 4.61. The van der Waals surface area contributed by atoms with Crippen molar-refractivity contribution in [2.24, 2.45) is 11.3 Å². The maximum absolute atomic E-state index is 12.5. The summed E-state index contributed by atoms with van der Waals surface area (Å²) in [7, 11) is 0. The Morgan fingerprint density at radius 1 is 1.29 bits per heavy atom. The molecule has 1 amide bonds. The average molecular weight is 348 g/mol. The molecule has 1 N–H and O–H groups in total. The lowest BCUT2D eigenvalue weighted by molar-refractivity contribution is -0.107. The molecule has 0 aliphatic heterocycles. The summed E-state index contributed by atoms with van der Waals surface area (Å²) in [5.41, 5.74) is 1.60. The van der Waals surface area contributed by atoms with Gasteiger partial charge in [0, 0.05) is 13.0 Å². The molecule has 0 spiro atoms. The third-order valence-corrected chi connectivity index (χ3v) is 5.91. The number of carbonyl (C=O) groups excluding carboxylic acids is 2. The lowest BCUT2D eigenvalue weighted by atomic mass is 9.62. The summed E-state index contributed by atoms with van der Waals surface area (Å²) in [6.07, 6.45) is 10.1. The maximum atomic E-state index is 12.5. The van der Waals surface area contributed by atoms with E-state index in [2.05, 4.69) is 5.32 Å². The summed E-state index contributed by atoms with van der Waals surface area (Å²) in [5.74, 6) is 0.735. The minimum absolute atomic E-state index is 0. The Kier molecular flexibility index (Phi) is 6.45. The van der Waals surface area contributed by atoms with Crippen LogP contribution in [0.25, 0.3) is 0 Å². The second kappa shape index (κ2) is 8.15. The van der Waals surface area contributed by atoms with Gasteiger partial charge in [-0.3, -0.25) is 4.79 Å². The van der Waals surface area contributed by atoms with E-state index in [4.69, 9.17) is 11.6 Å². The van der Waals surface area contributed by atoms with Gasteiger partial charge in [0.1, 0.15) is 6.29 Å². The van der Waals surface area contributed by atoms with Crippen molar-refractivity contribution < 1.29 is 9.59 Å². The highest BCUT2D eigenvalue weighted by Crippen LogP contribution is 2.48. The fourth-order valence-electron chi connectivity index (χ4n) is 4.40. The predicted octanol–water partition coefficient (Wildman–Crippen LogP) is 4.50. The summed E-state index contributed by atoms with van der Waals surface area (Å²) in [4.78, 5) is 23.2. The summed E-state index contributed by atoms with van der Waals surface area (Å²) >= 11 is 6.17. The van der Waals surface area contributed by atoms with Crippen molar-refractivity contribution in [1.29, 1.82) is 0 Å². The van der Waals surface area contributed by atoms with Gasteiger partial charge in [-0.2, -0.15) is 0 Å². The highest BCUT2D eigenvalue weighted by molar-refractivity contribution is 6.33. The number of rotatable bonds is 5. The molecule has 0 heterocycles. The molecule has 3 rings (SSSR count). The van der Waals surface area contributed by atoms with Crippen LogP contribution in [-0.2, 0) is 11.2 Å². The molecule has 0 aromatic heterocycles. The van der Waals surface area contributed by atoms with Crippen LogP contribution in [0.1, 0.15) is 60.9 Å². The molecule has 2 fully saturated rings. The number of carbonyl (C=O) groups is 2. The first-order chi connectivity index (χ1) is 11.1. The molecular weight excluding hydrogens is 322 g/mol. The molecule has 0 atom stereocenters. The van der Waals surface area contributed by atoms with E-state index in [1.54, 1.807) is 18.2 Å². The first-order valence-corrected chi connectivity index (χ1v) is 9.00. The van der Waals surface area contributed by atoms with Crippen LogP contribution in [-0.4, -0.2) is 18.7 Å². The molecule has 2 aliphatic rings. The normalized spacial score (nSPS) is 25.5. The number of halogens is 1. The van der Waals surface area contributed by atoms with Gasteiger partial charge in [-0.25, -0.2) is 0 Å². The Hall–Kier alpha value is -1.35. The van der Waals surface area contributed by atoms with Crippen LogP contribution in [0.15, 0.2) is 18.2 Å². The SMILES string of the molecule is O=CCc1ccc(Cl)c(C(=O)NCC23CCCC(CCC2)C3)c1.[CH2]. The quantitative estimate of drug-likeness (QED) is 0.797. The first kappa shape index (κ1) is 19.0. The van der Waals surface area contributed by atoms with Crippen LogP contribution in [0.5, 0.6) is 0 Å². The van der Waals surface area contributed by atoms with Crippen LogP contribution < -0.4 is 5.32 Å². The summed E-state index contributed by atoms with van der Waals surface area (Å²) < 4.78 is 0. The van der Waals surface area contributed by atoms with Crippen LogP contribution >= 0.6 is 11.6 Å². The van der Waals surface area contributed by atoms with Gasteiger partial charge >= 0.3 is 0 Å². The highest BCUT2D eigenvalue weighted by Gasteiger charge is 2.39. The minimum Gasteiger partial charge on any atom is -0.351 e. The van der Waals surface area contributed by atoms with Gasteiger partial charge in [-0.15, -0.1) is 0 Å². The van der Waals surface area contributed by atoms with Gasteiger partial charge < -0.3 is 10.1 Å². The summed E-state index contributed by atoms with van der Waals surface area (Å²) in [5, 5.41) is 3.56.